The Morgan fingerprint density at radius 1 is 1.53 bits per heavy atom. The molecule has 1 aromatic heterocycles. The number of ether oxygens (including phenoxy) is 1. The number of hydrogen-bond acceptors (Lipinski definition) is 3. The van der Waals surface area contributed by atoms with Gasteiger partial charge in [-0.25, -0.2) is 4.98 Å². The van der Waals surface area contributed by atoms with Crippen molar-refractivity contribution in [2.24, 2.45) is 11.3 Å². The van der Waals surface area contributed by atoms with Gasteiger partial charge in [0, 0.05) is 19.4 Å². The fourth-order valence-electron chi connectivity index (χ4n) is 2.56. The van der Waals surface area contributed by atoms with Gasteiger partial charge in [-0.2, -0.15) is 0 Å². The summed E-state index contributed by atoms with van der Waals surface area (Å²) in [7, 11) is 1.43. The molecule has 1 unspecified atom stereocenters. The Kier molecular flexibility index (Phi) is 3.90. The van der Waals surface area contributed by atoms with E-state index in [0.29, 0.717) is 11.6 Å². The number of imidazole rings is 1. The molecule has 0 fully saturated rings. The minimum Gasteiger partial charge on any atom is -0.469 e. The maximum Gasteiger partial charge on any atom is 0.309 e. The quantitative estimate of drug-likeness (QED) is 0.785. The van der Waals surface area contributed by atoms with Crippen LogP contribution in [0, 0.1) is 11.3 Å². The number of hydrogen-bond donors (Lipinski definition) is 0. The normalized spacial score (nSPS) is 19.1. The molecule has 0 radical (unpaired) electrons. The third-order valence-corrected chi connectivity index (χ3v) is 3.77. The van der Waals surface area contributed by atoms with Crippen molar-refractivity contribution in [3.63, 3.8) is 0 Å². The molecular formula is C14H21ClN2O2. The van der Waals surface area contributed by atoms with E-state index in [1.165, 1.54) is 7.11 Å². The first-order valence-electron chi connectivity index (χ1n) is 6.63. The third-order valence-electron chi connectivity index (χ3n) is 3.47. The topological polar surface area (TPSA) is 44.1 Å². The van der Waals surface area contributed by atoms with Gasteiger partial charge in [0.15, 0.2) is 5.15 Å². The Morgan fingerprint density at radius 2 is 2.21 bits per heavy atom. The summed E-state index contributed by atoms with van der Waals surface area (Å²) in [6, 6.07) is 0. The van der Waals surface area contributed by atoms with Gasteiger partial charge in [-0.3, -0.25) is 4.79 Å². The monoisotopic (exact) mass is 284 g/mol. The molecule has 19 heavy (non-hydrogen) atoms. The standard InChI is InChI=1S/C14H21ClN2O2/c1-14(2,3)8-11-16-12(15)10-7-9(13(18)19-4)5-6-17(10)11/h9H,5-8H2,1-4H3. The molecule has 106 valence electrons. The molecule has 0 aromatic carbocycles. The largest absolute Gasteiger partial charge is 0.469 e. The zero-order valence-electron chi connectivity index (χ0n) is 12.0. The van der Waals surface area contributed by atoms with Crippen molar-refractivity contribution in [3.05, 3.63) is 16.7 Å². The molecule has 0 saturated heterocycles. The van der Waals surface area contributed by atoms with Gasteiger partial charge in [0.2, 0.25) is 0 Å². The van der Waals surface area contributed by atoms with Crippen LogP contribution in [-0.4, -0.2) is 22.6 Å². The average molecular weight is 285 g/mol. The lowest BCUT2D eigenvalue weighted by Gasteiger charge is -2.25. The summed E-state index contributed by atoms with van der Waals surface area (Å²) in [5.74, 6) is 0.783. The lowest BCUT2D eigenvalue weighted by atomic mass is 9.91. The van der Waals surface area contributed by atoms with E-state index in [0.717, 1.165) is 30.9 Å². The molecule has 0 bridgehead atoms. The highest BCUT2D eigenvalue weighted by Crippen LogP contribution is 2.31. The van der Waals surface area contributed by atoms with Crippen LogP contribution in [0.3, 0.4) is 0 Å². The van der Waals surface area contributed by atoms with Gasteiger partial charge < -0.3 is 9.30 Å². The third kappa shape index (κ3) is 3.11. The highest BCUT2D eigenvalue weighted by Gasteiger charge is 2.30. The number of carbonyl (C=O) groups is 1. The molecule has 0 N–H and O–H groups in total. The van der Waals surface area contributed by atoms with Crippen molar-refractivity contribution >= 4 is 17.6 Å². The summed E-state index contributed by atoms with van der Waals surface area (Å²) >= 11 is 6.22. The molecule has 4 nitrogen and oxygen atoms in total. The molecule has 2 rings (SSSR count). The van der Waals surface area contributed by atoms with Crippen molar-refractivity contribution in [1.82, 2.24) is 9.55 Å². The number of rotatable bonds is 2. The number of aromatic nitrogens is 2. The molecule has 5 heteroatoms. The lowest BCUT2D eigenvalue weighted by Crippen LogP contribution is -2.28. The summed E-state index contributed by atoms with van der Waals surface area (Å²) in [5, 5.41) is 0.535. The van der Waals surface area contributed by atoms with Crippen molar-refractivity contribution < 1.29 is 9.53 Å². The van der Waals surface area contributed by atoms with Gasteiger partial charge in [0.1, 0.15) is 5.82 Å². The number of carbonyl (C=O) groups excluding carboxylic acids is 1. The first-order valence-corrected chi connectivity index (χ1v) is 7.01. The first kappa shape index (κ1) is 14.4. The molecule has 0 aliphatic carbocycles. The fourth-order valence-corrected chi connectivity index (χ4v) is 2.84. The van der Waals surface area contributed by atoms with E-state index in [2.05, 4.69) is 30.3 Å². The Morgan fingerprint density at radius 3 is 2.79 bits per heavy atom. The zero-order chi connectivity index (χ0) is 14.2. The smallest absolute Gasteiger partial charge is 0.309 e. The Hall–Kier alpha value is -1.03. The van der Waals surface area contributed by atoms with E-state index >= 15 is 0 Å². The van der Waals surface area contributed by atoms with Crippen LogP contribution >= 0.6 is 11.6 Å². The van der Waals surface area contributed by atoms with Crippen LogP contribution in [0.4, 0.5) is 0 Å². The van der Waals surface area contributed by atoms with Gasteiger partial charge >= 0.3 is 5.97 Å². The van der Waals surface area contributed by atoms with Gasteiger partial charge in [-0.05, 0) is 11.8 Å². The van der Waals surface area contributed by atoms with Crippen LogP contribution in [0.5, 0.6) is 0 Å². The molecule has 0 amide bonds. The second kappa shape index (κ2) is 5.16. The van der Waals surface area contributed by atoms with E-state index in [1.54, 1.807) is 0 Å². The first-order chi connectivity index (χ1) is 8.81. The molecule has 2 heterocycles. The summed E-state index contributed by atoms with van der Waals surface area (Å²) in [5.41, 5.74) is 1.15. The maximum absolute atomic E-state index is 11.6. The number of esters is 1. The lowest BCUT2D eigenvalue weighted by molar-refractivity contribution is -0.146. The highest BCUT2D eigenvalue weighted by atomic mass is 35.5. The van der Waals surface area contributed by atoms with E-state index in [4.69, 9.17) is 16.3 Å². The Balaban J connectivity index is 2.25. The van der Waals surface area contributed by atoms with Crippen LogP contribution in [0.2, 0.25) is 5.15 Å². The van der Waals surface area contributed by atoms with Crippen molar-refractivity contribution in [2.75, 3.05) is 7.11 Å². The minimum atomic E-state index is -0.152. The number of halogens is 1. The molecule has 1 aliphatic rings. The van der Waals surface area contributed by atoms with Crippen molar-refractivity contribution in [1.29, 1.82) is 0 Å². The average Bonchev–Trinajstić information content (AvgIpc) is 2.62. The van der Waals surface area contributed by atoms with Crippen LogP contribution in [0.25, 0.3) is 0 Å². The van der Waals surface area contributed by atoms with Crippen LogP contribution in [-0.2, 0) is 28.9 Å². The van der Waals surface area contributed by atoms with Crippen LogP contribution in [0.1, 0.15) is 38.7 Å². The van der Waals surface area contributed by atoms with Crippen molar-refractivity contribution in [2.45, 2.75) is 46.6 Å². The summed E-state index contributed by atoms with van der Waals surface area (Å²) in [6.45, 7) is 7.34. The van der Waals surface area contributed by atoms with Crippen molar-refractivity contribution in [3.8, 4) is 0 Å². The van der Waals surface area contributed by atoms with Gasteiger partial charge in [0.25, 0.3) is 0 Å². The molecule has 1 aliphatic heterocycles. The molecule has 0 spiro atoms. The summed E-state index contributed by atoms with van der Waals surface area (Å²) in [4.78, 5) is 16.1. The second-order valence-electron chi connectivity index (χ2n) is 6.37. The SMILES string of the molecule is COC(=O)C1CCn2c(CC(C)(C)C)nc(Cl)c2C1. The molecule has 0 saturated carbocycles. The van der Waals surface area contributed by atoms with Gasteiger partial charge in [-0.1, -0.05) is 32.4 Å². The highest BCUT2D eigenvalue weighted by molar-refractivity contribution is 6.30. The Bertz CT molecular complexity index is 488. The fraction of sp³-hybridized carbons (Fsp3) is 0.714. The predicted molar refractivity (Wildman–Crippen MR) is 74.2 cm³/mol. The number of methoxy groups -OCH3 is 1. The van der Waals surface area contributed by atoms with E-state index < -0.39 is 0 Å². The number of nitrogens with zero attached hydrogens (tertiary/aromatic N) is 2. The van der Waals surface area contributed by atoms with E-state index in [-0.39, 0.29) is 17.3 Å². The van der Waals surface area contributed by atoms with E-state index in [1.807, 2.05) is 0 Å². The summed E-state index contributed by atoms with van der Waals surface area (Å²) in [6.07, 6.45) is 2.31. The van der Waals surface area contributed by atoms with Gasteiger partial charge in [-0.15, -0.1) is 0 Å². The zero-order valence-corrected chi connectivity index (χ0v) is 12.8. The predicted octanol–water partition coefficient (Wildman–Crippen LogP) is 2.86. The summed E-state index contributed by atoms with van der Waals surface area (Å²) < 4.78 is 6.99. The second-order valence-corrected chi connectivity index (χ2v) is 6.73. The maximum atomic E-state index is 11.6. The van der Waals surface area contributed by atoms with Crippen LogP contribution < -0.4 is 0 Å². The molecule has 1 atom stereocenters. The Labute approximate surface area is 119 Å². The molecule has 1 aromatic rings. The molecular weight excluding hydrogens is 264 g/mol. The van der Waals surface area contributed by atoms with Gasteiger partial charge in [0.05, 0.1) is 18.7 Å². The van der Waals surface area contributed by atoms with E-state index in [9.17, 15) is 4.79 Å². The minimum absolute atomic E-state index is 0.0887. The number of fused-ring (bicyclic) bond motifs is 1. The van der Waals surface area contributed by atoms with Crippen LogP contribution in [0.15, 0.2) is 0 Å².